The number of nitrogens with one attached hydrogen (secondary N) is 1. The van der Waals surface area contributed by atoms with Gasteiger partial charge in [-0.15, -0.1) is 11.3 Å². The fourth-order valence-corrected chi connectivity index (χ4v) is 5.10. The first-order chi connectivity index (χ1) is 16.3. The van der Waals surface area contributed by atoms with Gasteiger partial charge in [0.05, 0.1) is 21.6 Å². The molecule has 0 amide bonds. The highest BCUT2D eigenvalue weighted by molar-refractivity contribution is 7.16. The molecule has 0 aliphatic rings. The van der Waals surface area contributed by atoms with Crippen LogP contribution >= 0.6 is 11.3 Å². The first-order valence-corrected chi connectivity index (χ1v) is 12.0. The summed E-state index contributed by atoms with van der Waals surface area (Å²) in [5.41, 5.74) is 5.01. The highest BCUT2D eigenvalue weighted by atomic mass is 32.1. The topological polar surface area (TPSA) is 81.8 Å². The van der Waals surface area contributed by atoms with Gasteiger partial charge in [-0.3, -0.25) is 9.59 Å². The van der Waals surface area contributed by atoms with E-state index in [1.54, 1.807) is 36.8 Å². The van der Waals surface area contributed by atoms with E-state index in [0.29, 0.717) is 11.2 Å². The van der Waals surface area contributed by atoms with Gasteiger partial charge in [0.15, 0.2) is 5.82 Å². The second-order valence-electron chi connectivity index (χ2n) is 8.70. The molecule has 0 saturated carbocycles. The maximum atomic E-state index is 13.9. The summed E-state index contributed by atoms with van der Waals surface area (Å²) < 4.78 is 4.43. The van der Waals surface area contributed by atoms with Crippen LogP contribution in [-0.4, -0.2) is 19.1 Å². The van der Waals surface area contributed by atoms with Gasteiger partial charge in [-0.25, -0.2) is 9.97 Å². The number of fused-ring (bicyclic) bond motifs is 2. The molecule has 0 saturated heterocycles. The number of rotatable bonds is 5. The van der Waals surface area contributed by atoms with Crippen LogP contribution in [0.15, 0.2) is 70.0 Å². The highest BCUT2D eigenvalue weighted by Gasteiger charge is 2.20. The van der Waals surface area contributed by atoms with Gasteiger partial charge in [0.1, 0.15) is 5.52 Å². The van der Waals surface area contributed by atoms with E-state index in [4.69, 9.17) is 0 Å². The molecular weight excluding hydrogens is 446 g/mol. The van der Waals surface area contributed by atoms with Crippen molar-refractivity contribution in [2.75, 3.05) is 5.32 Å². The SMILES string of the molecule is CC(C)n1c([C@H](C)Nc2nccc3scnc23)cc2cccc(-c3ccc(=O)n(C)c3)c2c1=O. The summed E-state index contributed by atoms with van der Waals surface area (Å²) >= 11 is 1.57. The predicted molar refractivity (Wildman–Crippen MR) is 139 cm³/mol. The molecule has 4 aromatic heterocycles. The number of pyridine rings is 3. The molecule has 0 fully saturated rings. The number of thiazole rings is 1. The number of hydrogen-bond donors (Lipinski definition) is 1. The minimum Gasteiger partial charge on any atom is -0.360 e. The Morgan fingerprint density at radius 2 is 1.85 bits per heavy atom. The first kappa shape index (κ1) is 22.0. The number of nitrogens with zero attached hydrogens (tertiary/aromatic N) is 4. The van der Waals surface area contributed by atoms with Crippen LogP contribution < -0.4 is 16.4 Å². The first-order valence-electron chi connectivity index (χ1n) is 11.1. The summed E-state index contributed by atoms with van der Waals surface area (Å²) in [7, 11) is 1.71. The molecule has 0 spiro atoms. The number of benzene rings is 1. The maximum Gasteiger partial charge on any atom is 0.259 e. The van der Waals surface area contributed by atoms with Gasteiger partial charge in [0, 0.05) is 37.2 Å². The van der Waals surface area contributed by atoms with Crippen molar-refractivity contribution in [1.82, 2.24) is 19.1 Å². The van der Waals surface area contributed by atoms with Crippen LogP contribution in [0, 0.1) is 0 Å². The summed E-state index contributed by atoms with van der Waals surface area (Å²) in [6.45, 7) is 6.05. The molecule has 1 N–H and O–H groups in total. The van der Waals surface area contributed by atoms with Crippen molar-refractivity contribution in [3.05, 3.63) is 86.8 Å². The van der Waals surface area contributed by atoms with Crippen LogP contribution in [0.1, 0.15) is 38.5 Å². The average Bonchev–Trinajstić information content (AvgIpc) is 3.30. The summed E-state index contributed by atoms with van der Waals surface area (Å²) in [5.74, 6) is 0.702. The molecule has 7 nitrogen and oxygen atoms in total. The lowest BCUT2D eigenvalue weighted by atomic mass is 9.98. The van der Waals surface area contributed by atoms with Gasteiger partial charge < -0.3 is 14.5 Å². The lowest BCUT2D eigenvalue weighted by Crippen LogP contribution is -2.28. The number of anilines is 1. The van der Waals surface area contributed by atoms with Crippen LogP contribution in [0.3, 0.4) is 0 Å². The molecular formula is C26H25N5O2S. The third-order valence-electron chi connectivity index (χ3n) is 6.07. The number of aryl methyl sites for hydroxylation is 1. The molecule has 0 radical (unpaired) electrons. The molecule has 0 aliphatic carbocycles. The quantitative estimate of drug-likeness (QED) is 0.384. The monoisotopic (exact) mass is 471 g/mol. The van der Waals surface area contributed by atoms with Gasteiger partial charge >= 0.3 is 0 Å². The molecule has 8 heteroatoms. The Hall–Kier alpha value is -3.78. The lowest BCUT2D eigenvalue weighted by molar-refractivity contribution is 0.541. The van der Waals surface area contributed by atoms with Crippen molar-refractivity contribution in [3.8, 4) is 11.1 Å². The summed E-state index contributed by atoms with van der Waals surface area (Å²) in [6, 6.07) is 12.9. The van der Waals surface area contributed by atoms with Crippen LogP contribution in [0.2, 0.25) is 0 Å². The van der Waals surface area contributed by atoms with Gasteiger partial charge in [0.2, 0.25) is 5.56 Å². The Morgan fingerprint density at radius 3 is 2.62 bits per heavy atom. The minimum atomic E-state index is -0.180. The van der Waals surface area contributed by atoms with Gasteiger partial charge in [0.25, 0.3) is 5.56 Å². The Bertz CT molecular complexity index is 1650. The van der Waals surface area contributed by atoms with Gasteiger partial charge in [-0.1, -0.05) is 18.2 Å². The molecule has 0 bridgehead atoms. The molecule has 0 unspecified atom stereocenters. The average molecular weight is 472 g/mol. The minimum absolute atomic E-state index is 0.0487. The standard InChI is InChI=1S/C26H25N5O2S/c1-15(2)31-20(16(3)29-25-24-21(10-11-27-25)34-14-28-24)12-17-6-5-7-19(23(17)26(31)33)18-8-9-22(32)30(4)13-18/h5-16H,1-4H3,(H,27,29)/t16-/m0/s1. The lowest BCUT2D eigenvalue weighted by Gasteiger charge is -2.24. The Balaban J connectivity index is 1.68. The van der Waals surface area contributed by atoms with E-state index in [1.807, 2.05) is 55.1 Å². The smallest absolute Gasteiger partial charge is 0.259 e. The van der Waals surface area contributed by atoms with Gasteiger partial charge in [-0.05, 0) is 55.5 Å². The van der Waals surface area contributed by atoms with Gasteiger partial charge in [-0.2, -0.15) is 0 Å². The zero-order chi connectivity index (χ0) is 24.0. The van der Waals surface area contributed by atoms with Crippen LogP contribution in [0.25, 0.3) is 32.1 Å². The zero-order valence-electron chi connectivity index (χ0n) is 19.4. The molecule has 5 rings (SSSR count). The fourth-order valence-electron chi connectivity index (χ4n) is 4.43. The largest absolute Gasteiger partial charge is 0.360 e. The predicted octanol–water partition coefficient (Wildman–Crippen LogP) is 5.13. The Morgan fingerprint density at radius 1 is 1.03 bits per heavy atom. The third kappa shape index (κ3) is 3.70. The highest BCUT2D eigenvalue weighted by Crippen LogP contribution is 2.31. The second-order valence-corrected chi connectivity index (χ2v) is 9.59. The summed E-state index contributed by atoms with van der Waals surface area (Å²) in [5, 5.41) is 4.97. The Kier molecular flexibility index (Phi) is 5.53. The van der Waals surface area contributed by atoms with E-state index >= 15 is 0 Å². The Labute approximate surface area is 200 Å². The van der Waals surface area contributed by atoms with Crippen LogP contribution in [0.4, 0.5) is 5.82 Å². The number of aromatic nitrogens is 4. The van der Waals surface area contributed by atoms with Crippen molar-refractivity contribution < 1.29 is 0 Å². The fraction of sp³-hybridized carbons (Fsp3) is 0.231. The molecule has 0 aliphatic heterocycles. The van der Waals surface area contributed by atoms with E-state index < -0.39 is 0 Å². The van der Waals surface area contributed by atoms with E-state index in [2.05, 4.69) is 21.4 Å². The van der Waals surface area contributed by atoms with E-state index in [-0.39, 0.29) is 23.2 Å². The molecule has 1 atom stereocenters. The summed E-state index contributed by atoms with van der Waals surface area (Å²) in [4.78, 5) is 34.7. The van der Waals surface area contributed by atoms with E-state index in [0.717, 1.165) is 32.4 Å². The van der Waals surface area contributed by atoms with Crippen molar-refractivity contribution in [2.45, 2.75) is 32.9 Å². The third-order valence-corrected chi connectivity index (χ3v) is 6.86. The summed E-state index contributed by atoms with van der Waals surface area (Å²) in [6.07, 6.45) is 3.54. The van der Waals surface area contributed by atoms with Crippen molar-refractivity contribution in [1.29, 1.82) is 0 Å². The van der Waals surface area contributed by atoms with Crippen molar-refractivity contribution in [2.24, 2.45) is 7.05 Å². The van der Waals surface area contributed by atoms with E-state index in [9.17, 15) is 9.59 Å². The zero-order valence-corrected chi connectivity index (χ0v) is 20.3. The number of hydrogen-bond acceptors (Lipinski definition) is 6. The molecule has 4 heterocycles. The molecule has 34 heavy (non-hydrogen) atoms. The van der Waals surface area contributed by atoms with Crippen LogP contribution in [-0.2, 0) is 7.05 Å². The normalized spacial score (nSPS) is 12.5. The second kappa shape index (κ2) is 8.53. The molecule has 1 aromatic carbocycles. The van der Waals surface area contributed by atoms with Crippen molar-refractivity contribution in [3.63, 3.8) is 0 Å². The van der Waals surface area contributed by atoms with Crippen molar-refractivity contribution >= 4 is 38.1 Å². The van der Waals surface area contributed by atoms with E-state index in [1.165, 1.54) is 10.6 Å². The molecule has 5 aromatic rings. The van der Waals surface area contributed by atoms with Crippen LogP contribution in [0.5, 0.6) is 0 Å². The molecule has 172 valence electrons. The maximum absolute atomic E-state index is 13.9.